The second kappa shape index (κ2) is 8.79. The fourth-order valence-electron chi connectivity index (χ4n) is 2.04. The van der Waals surface area contributed by atoms with E-state index in [2.05, 4.69) is 15.6 Å². The van der Waals surface area contributed by atoms with Crippen molar-refractivity contribution >= 4 is 5.91 Å². The summed E-state index contributed by atoms with van der Waals surface area (Å²) >= 11 is 0. The molecule has 5 heteroatoms. The van der Waals surface area contributed by atoms with Crippen LogP contribution in [0.2, 0.25) is 0 Å². The molecule has 0 aliphatic heterocycles. The molecule has 0 unspecified atom stereocenters. The van der Waals surface area contributed by atoms with Crippen LogP contribution < -0.4 is 15.4 Å². The molecule has 5 nitrogen and oxygen atoms in total. The quantitative estimate of drug-likeness (QED) is 0.776. The van der Waals surface area contributed by atoms with Gasteiger partial charge >= 0.3 is 0 Å². The smallest absolute Gasteiger partial charge is 0.233 e. The van der Waals surface area contributed by atoms with Gasteiger partial charge in [0.15, 0.2) is 0 Å². The summed E-state index contributed by atoms with van der Waals surface area (Å²) in [5.74, 6) is 0.819. The number of rotatable bonds is 8. The van der Waals surface area contributed by atoms with Crippen LogP contribution in [0.5, 0.6) is 5.75 Å². The Bertz CT molecular complexity index is 587. The molecule has 1 aromatic heterocycles. The third-order valence-corrected chi connectivity index (χ3v) is 3.19. The lowest BCUT2D eigenvalue weighted by atomic mass is 10.1. The van der Waals surface area contributed by atoms with E-state index in [0.29, 0.717) is 13.1 Å². The highest BCUT2D eigenvalue weighted by atomic mass is 16.5. The van der Waals surface area contributed by atoms with Crippen LogP contribution in [0.15, 0.2) is 48.7 Å². The molecule has 0 bridgehead atoms. The van der Waals surface area contributed by atoms with Crippen LogP contribution in [0.1, 0.15) is 11.3 Å². The van der Waals surface area contributed by atoms with E-state index >= 15 is 0 Å². The molecular weight excluding hydrogens is 278 g/mol. The minimum absolute atomic E-state index is 0.0150. The van der Waals surface area contributed by atoms with Crippen molar-refractivity contribution in [3.05, 3.63) is 59.9 Å². The normalized spacial score (nSPS) is 10.2. The van der Waals surface area contributed by atoms with Crippen molar-refractivity contribution in [3.63, 3.8) is 0 Å². The number of aromatic nitrogens is 1. The maximum Gasteiger partial charge on any atom is 0.233 e. The second-order valence-corrected chi connectivity index (χ2v) is 4.88. The molecule has 0 aliphatic carbocycles. The van der Waals surface area contributed by atoms with Crippen LogP contribution in [-0.2, 0) is 17.8 Å². The van der Waals surface area contributed by atoms with Gasteiger partial charge in [0.1, 0.15) is 5.75 Å². The highest BCUT2D eigenvalue weighted by molar-refractivity contribution is 5.77. The molecule has 0 saturated carbocycles. The predicted octanol–water partition coefficient (Wildman–Crippen LogP) is 1.54. The summed E-state index contributed by atoms with van der Waals surface area (Å²) in [6.45, 7) is 1.48. The van der Waals surface area contributed by atoms with Crippen molar-refractivity contribution in [1.29, 1.82) is 0 Å². The second-order valence-electron chi connectivity index (χ2n) is 4.88. The van der Waals surface area contributed by atoms with Gasteiger partial charge in [-0.3, -0.25) is 9.78 Å². The van der Waals surface area contributed by atoms with Gasteiger partial charge < -0.3 is 15.4 Å². The molecule has 0 radical (unpaired) electrons. The fourth-order valence-corrected chi connectivity index (χ4v) is 2.04. The summed E-state index contributed by atoms with van der Waals surface area (Å²) in [6, 6.07) is 13.6. The summed E-state index contributed by atoms with van der Waals surface area (Å²) in [7, 11) is 1.65. The van der Waals surface area contributed by atoms with Crippen LogP contribution in [0.4, 0.5) is 0 Å². The molecule has 22 heavy (non-hydrogen) atoms. The number of nitrogens with one attached hydrogen (secondary N) is 2. The fraction of sp³-hybridized carbons (Fsp3) is 0.294. The summed E-state index contributed by atoms with van der Waals surface area (Å²) in [6.07, 6.45) is 2.52. The van der Waals surface area contributed by atoms with Crippen LogP contribution in [0.3, 0.4) is 0 Å². The standard InChI is InChI=1S/C17H21N3O2/c1-22-16-7-4-5-14(11-16)8-10-20-17(21)13-18-12-15-6-2-3-9-19-15/h2-7,9,11,18H,8,10,12-13H2,1H3,(H,20,21). The van der Waals surface area contributed by atoms with E-state index in [-0.39, 0.29) is 12.5 Å². The Morgan fingerprint density at radius 3 is 2.91 bits per heavy atom. The van der Waals surface area contributed by atoms with E-state index < -0.39 is 0 Å². The first kappa shape index (κ1) is 16.0. The Morgan fingerprint density at radius 1 is 1.23 bits per heavy atom. The van der Waals surface area contributed by atoms with Crippen LogP contribution in [-0.4, -0.2) is 31.1 Å². The number of hydrogen-bond donors (Lipinski definition) is 2. The Labute approximate surface area is 130 Å². The highest BCUT2D eigenvalue weighted by Crippen LogP contribution is 2.12. The number of carbonyl (C=O) groups excluding carboxylic acids is 1. The summed E-state index contributed by atoms with van der Waals surface area (Å²) in [5.41, 5.74) is 2.06. The third-order valence-electron chi connectivity index (χ3n) is 3.19. The average Bonchev–Trinajstić information content (AvgIpc) is 2.56. The van der Waals surface area contributed by atoms with Crippen LogP contribution in [0, 0.1) is 0 Å². The van der Waals surface area contributed by atoms with Crippen molar-refractivity contribution in [2.24, 2.45) is 0 Å². The van der Waals surface area contributed by atoms with Gasteiger partial charge in [-0.2, -0.15) is 0 Å². The van der Waals surface area contributed by atoms with Crippen molar-refractivity contribution < 1.29 is 9.53 Å². The minimum atomic E-state index is -0.0150. The summed E-state index contributed by atoms with van der Waals surface area (Å²) in [4.78, 5) is 15.9. The van der Waals surface area contributed by atoms with Crippen molar-refractivity contribution in [2.75, 3.05) is 20.2 Å². The zero-order valence-corrected chi connectivity index (χ0v) is 12.7. The average molecular weight is 299 g/mol. The molecule has 1 aromatic carbocycles. The first-order valence-corrected chi connectivity index (χ1v) is 7.28. The Kier molecular flexibility index (Phi) is 6.39. The number of ether oxygens (including phenoxy) is 1. The topological polar surface area (TPSA) is 63.2 Å². The summed E-state index contributed by atoms with van der Waals surface area (Å²) in [5, 5.41) is 5.97. The Morgan fingerprint density at radius 2 is 2.14 bits per heavy atom. The Balaban J connectivity index is 1.63. The molecule has 0 spiro atoms. The number of pyridine rings is 1. The van der Waals surface area contributed by atoms with Gasteiger partial charge in [-0.25, -0.2) is 0 Å². The number of methoxy groups -OCH3 is 1. The number of benzene rings is 1. The molecule has 0 saturated heterocycles. The van der Waals surface area contributed by atoms with E-state index in [4.69, 9.17) is 4.74 Å². The highest BCUT2D eigenvalue weighted by Gasteiger charge is 2.01. The predicted molar refractivity (Wildman–Crippen MR) is 85.7 cm³/mol. The van der Waals surface area contributed by atoms with E-state index in [1.807, 2.05) is 42.5 Å². The van der Waals surface area contributed by atoms with E-state index in [1.54, 1.807) is 13.3 Å². The van der Waals surface area contributed by atoms with Gasteiger partial charge in [0.2, 0.25) is 5.91 Å². The van der Waals surface area contributed by atoms with Gasteiger partial charge in [0.25, 0.3) is 0 Å². The molecule has 2 N–H and O–H groups in total. The first-order valence-electron chi connectivity index (χ1n) is 7.28. The maximum atomic E-state index is 11.7. The van der Waals surface area contributed by atoms with E-state index in [9.17, 15) is 4.79 Å². The zero-order chi connectivity index (χ0) is 15.6. The van der Waals surface area contributed by atoms with Crippen LogP contribution in [0.25, 0.3) is 0 Å². The lowest BCUT2D eigenvalue weighted by molar-refractivity contribution is -0.120. The van der Waals surface area contributed by atoms with Crippen LogP contribution >= 0.6 is 0 Å². The van der Waals surface area contributed by atoms with Crippen molar-refractivity contribution in [3.8, 4) is 5.75 Å². The monoisotopic (exact) mass is 299 g/mol. The molecule has 1 amide bonds. The van der Waals surface area contributed by atoms with E-state index in [0.717, 1.165) is 23.4 Å². The number of nitrogens with zero attached hydrogens (tertiary/aromatic N) is 1. The minimum Gasteiger partial charge on any atom is -0.497 e. The van der Waals surface area contributed by atoms with Crippen molar-refractivity contribution in [1.82, 2.24) is 15.6 Å². The SMILES string of the molecule is COc1cccc(CCNC(=O)CNCc2ccccn2)c1. The molecular formula is C17H21N3O2. The number of amides is 1. The number of carbonyl (C=O) groups is 1. The van der Waals surface area contributed by atoms with Gasteiger partial charge in [-0.05, 0) is 36.2 Å². The zero-order valence-electron chi connectivity index (χ0n) is 12.7. The largest absolute Gasteiger partial charge is 0.497 e. The number of hydrogen-bond acceptors (Lipinski definition) is 4. The molecule has 2 rings (SSSR count). The lowest BCUT2D eigenvalue weighted by Crippen LogP contribution is -2.34. The lowest BCUT2D eigenvalue weighted by Gasteiger charge is -2.07. The molecule has 0 atom stereocenters. The van der Waals surface area contributed by atoms with Crippen molar-refractivity contribution in [2.45, 2.75) is 13.0 Å². The van der Waals surface area contributed by atoms with Gasteiger partial charge in [0, 0.05) is 19.3 Å². The molecule has 1 heterocycles. The maximum absolute atomic E-state index is 11.7. The molecule has 0 fully saturated rings. The van der Waals surface area contributed by atoms with Gasteiger partial charge in [-0.15, -0.1) is 0 Å². The van der Waals surface area contributed by atoms with Gasteiger partial charge in [0.05, 0.1) is 19.3 Å². The third kappa shape index (κ3) is 5.54. The molecule has 2 aromatic rings. The molecule has 116 valence electrons. The van der Waals surface area contributed by atoms with E-state index in [1.165, 1.54) is 0 Å². The summed E-state index contributed by atoms with van der Waals surface area (Å²) < 4.78 is 5.17. The first-order chi connectivity index (χ1) is 10.8. The Hall–Kier alpha value is -2.40. The van der Waals surface area contributed by atoms with Gasteiger partial charge in [-0.1, -0.05) is 18.2 Å². The molecule has 0 aliphatic rings.